The molecular weight excluding hydrogens is 298 g/mol. The van der Waals surface area contributed by atoms with Crippen LogP contribution in [-0.4, -0.2) is 28.0 Å². The van der Waals surface area contributed by atoms with Crippen molar-refractivity contribution in [1.29, 1.82) is 0 Å². The first kappa shape index (κ1) is 17.3. The number of rotatable bonds is 1. The Kier molecular flexibility index (Phi) is 3.92. The molecule has 9 atom stereocenters. The molecule has 4 aliphatic rings. The van der Waals surface area contributed by atoms with Gasteiger partial charge in [0, 0.05) is 5.54 Å². The van der Waals surface area contributed by atoms with Crippen molar-refractivity contribution in [3.8, 4) is 0 Å². The first-order chi connectivity index (χ1) is 11.2. The zero-order chi connectivity index (χ0) is 17.3. The van der Waals surface area contributed by atoms with Gasteiger partial charge < -0.3 is 15.9 Å². The van der Waals surface area contributed by atoms with E-state index >= 15 is 0 Å². The highest BCUT2D eigenvalue weighted by Gasteiger charge is 2.66. The number of hydrogen-bond acceptors (Lipinski definition) is 3. The van der Waals surface area contributed by atoms with E-state index in [2.05, 4.69) is 13.8 Å². The minimum atomic E-state index is -0.242. The molecule has 4 rings (SSSR count). The molecule has 0 aromatic rings. The van der Waals surface area contributed by atoms with Gasteiger partial charge in [0.1, 0.15) is 0 Å². The first-order valence-electron chi connectivity index (χ1n) is 10.4. The molecule has 0 saturated heterocycles. The lowest BCUT2D eigenvalue weighted by atomic mass is 9.42. The third kappa shape index (κ3) is 2.07. The molecule has 0 amide bonds. The van der Waals surface area contributed by atoms with E-state index in [1.54, 1.807) is 0 Å². The monoisotopic (exact) mass is 335 g/mol. The highest BCUT2D eigenvalue weighted by atomic mass is 16.3. The van der Waals surface area contributed by atoms with Gasteiger partial charge in [-0.3, -0.25) is 0 Å². The second-order valence-corrected chi connectivity index (χ2v) is 10.3. The molecule has 0 aromatic heterocycles. The molecule has 0 radical (unpaired) electrons. The van der Waals surface area contributed by atoms with Crippen molar-refractivity contribution in [3.05, 3.63) is 0 Å². The van der Waals surface area contributed by atoms with Crippen LogP contribution in [-0.2, 0) is 0 Å². The van der Waals surface area contributed by atoms with Crippen LogP contribution in [0.25, 0.3) is 0 Å². The topological polar surface area (TPSA) is 66.5 Å². The van der Waals surface area contributed by atoms with Crippen molar-refractivity contribution in [2.24, 2.45) is 40.2 Å². The van der Waals surface area contributed by atoms with Crippen molar-refractivity contribution in [3.63, 3.8) is 0 Å². The third-order valence-corrected chi connectivity index (χ3v) is 9.63. The first-order valence-corrected chi connectivity index (χ1v) is 10.4. The van der Waals surface area contributed by atoms with Gasteiger partial charge in [-0.25, -0.2) is 0 Å². The molecule has 24 heavy (non-hydrogen) atoms. The largest absolute Gasteiger partial charge is 0.393 e. The second kappa shape index (κ2) is 5.44. The maximum atomic E-state index is 10.4. The number of fused-ring (bicyclic) bond motifs is 5. The van der Waals surface area contributed by atoms with Crippen LogP contribution < -0.4 is 5.73 Å². The SMILES string of the molecule is C[C@@H](O)[C@H]1CC[C@]2(N)[C@@H]3CC[C@@H]4C[C@@H](O)CC[C@]4(C)[C@H]3CC[C@]12C. The van der Waals surface area contributed by atoms with Gasteiger partial charge in [-0.15, -0.1) is 0 Å². The van der Waals surface area contributed by atoms with Gasteiger partial charge in [0.25, 0.3) is 0 Å². The Balaban J connectivity index is 1.66. The quantitative estimate of drug-likeness (QED) is 0.687. The Morgan fingerprint density at radius 3 is 2.42 bits per heavy atom. The smallest absolute Gasteiger partial charge is 0.0546 e. The number of hydrogen-bond donors (Lipinski definition) is 3. The van der Waals surface area contributed by atoms with Crippen LogP contribution in [0.1, 0.15) is 78.6 Å². The van der Waals surface area contributed by atoms with E-state index in [4.69, 9.17) is 5.73 Å². The fourth-order valence-electron chi connectivity index (χ4n) is 8.12. The van der Waals surface area contributed by atoms with E-state index in [9.17, 15) is 10.2 Å². The lowest BCUT2D eigenvalue weighted by Gasteiger charge is -2.64. The summed E-state index contributed by atoms with van der Waals surface area (Å²) in [4.78, 5) is 0. The molecule has 0 aliphatic heterocycles. The zero-order valence-electron chi connectivity index (χ0n) is 15.8. The van der Waals surface area contributed by atoms with Crippen LogP contribution in [0.15, 0.2) is 0 Å². The van der Waals surface area contributed by atoms with E-state index in [-0.39, 0.29) is 23.2 Å². The van der Waals surface area contributed by atoms with Gasteiger partial charge in [-0.05, 0) is 99.2 Å². The molecule has 3 heteroatoms. The predicted octanol–water partition coefficient (Wildman–Crippen LogP) is 3.47. The molecular formula is C21H37NO2. The van der Waals surface area contributed by atoms with Crippen LogP contribution in [0.2, 0.25) is 0 Å². The third-order valence-electron chi connectivity index (χ3n) is 9.63. The molecule has 0 spiro atoms. The van der Waals surface area contributed by atoms with E-state index in [1.807, 2.05) is 6.92 Å². The van der Waals surface area contributed by atoms with Crippen molar-refractivity contribution in [2.45, 2.75) is 96.3 Å². The number of nitrogens with two attached hydrogens (primary N) is 1. The summed E-state index contributed by atoms with van der Waals surface area (Å²) in [6.07, 6.45) is 9.92. The molecule has 4 N–H and O–H groups in total. The summed E-state index contributed by atoms with van der Waals surface area (Å²) in [5.74, 6) is 2.37. The molecule has 0 bridgehead atoms. The average Bonchev–Trinajstić information content (AvgIpc) is 2.80. The van der Waals surface area contributed by atoms with Crippen molar-refractivity contribution in [1.82, 2.24) is 0 Å². The second-order valence-electron chi connectivity index (χ2n) is 10.3. The Morgan fingerprint density at radius 1 is 0.958 bits per heavy atom. The predicted molar refractivity (Wildman–Crippen MR) is 96.3 cm³/mol. The normalized spacial score (nSPS) is 58.5. The Morgan fingerprint density at radius 2 is 1.71 bits per heavy atom. The van der Waals surface area contributed by atoms with Gasteiger partial charge in [0.2, 0.25) is 0 Å². The average molecular weight is 336 g/mol. The molecule has 4 saturated carbocycles. The lowest BCUT2D eigenvalue weighted by molar-refractivity contribution is -0.141. The summed E-state index contributed by atoms with van der Waals surface area (Å²) in [5, 5.41) is 20.5. The van der Waals surface area contributed by atoms with Crippen LogP contribution in [0.4, 0.5) is 0 Å². The number of aliphatic hydroxyl groups excluding tert-OH is 2. The lowest BCUT2D eigenvalue weighted by Crippen LogP contribution is -2.66. The molecule has 0 unspecified atom stereocenters. The highest BCUT2D eigenvalue weighted by molar-refractivity contribution is 5.19. The highest BCUT2D eigenvalue weighted by Crippen LogP contribution is 2.68. The van der Waals surface area contributed by atoms with E-state index in [0.717, 1.165) is 31.6 Å². The van der Waals surface area contributed by atoms with Crippen LogP contribution in [0.3, 0.4) is 0 Å². The van der Waals surface area contributed by atoms with Crippen molar-refractivity contribution in [2.75, 3.05) is 0 Å². The number of aliphatic hydroxyl groups is 2. The molecule has 0 heterocycles. The van der Waals surface area contributed by atoms with E-state index in [1.165, 1.54) is 32.1 Å². The molecule has 4 aliphatic carbocycles. The van der Waals surface area contributed by atoms with Gasteiger partial charge in [-0.2, -0.15) is 0 Å². The van der Waals surface area contributed by atoms with Gasteiger partial charge in [0.05, 0.1) is 12.2 Å². The van der Waals surface area contributed by atoms with Crippen LogP contribution in [0.5, 0.6) is 0 Å². The van der Waals surface area contributed by atoms with Gasteiger partial charge in [0.15, 0.2) is 0 Å². The van der Waals surface area contributed by atoms with E-state index < -0.39 is 0 Å². The fraction of sp³-hybridized carbons (Fsp3) is 1.00. The Labute approximate surface area is 147 Å². The maximum Gasteiger partial charge on any atom is 0.0546 e. The summed E-state index contributed by atoms with van der Waals surface area (Å²) in [5.41, 5.74) is 7.60. The maximum absolute atomic E-state index is 10.4. The Hall–Kier alpha value is -0.120. The fourth-order valence-corrected chi connectivity index (χ4v) is 8.12. The van der Waals surface area contributed by atoms with Gasteiger partial charge >= 0.3 is 0 Å². The molecule has 3 nitrogen and oxygen atoms in total. The minimum absolute atomic E-state index is 0.0774. The van der Waals surface area contributed by atoms with Gasteiger partial charge in [-0.1, -0.05) is 13.8 Å². The summed E-state index contributed by atoms with van der Waals surface area (Å²) in [7, 11) is 0. The molecule has 4 fully saturated rings. The van der Waals surface area contributed by atoms with E-state index in [0.29, 0.717) is 23.2 Å². The Bertz CT molecular complexity index is 508. The van der Waals surface area contributed by atoms with Crippen LogP contribution in [0, 0.1) is 34.5 Å². The van der Waals surface area contributed by atoms with Crippen molar-refractivity contribution < 1.29 is 10.2 Å². The van der Waals surface area contributed by atoms with Crippen molar-refractivity contribution >= 4 is 0 Å². The zero-order valence-corrected chi connectivity index (χ0v) is 15.8. The molecule has 0 aromatic carbocycles. The summed E-state index contributed by atoms with van der Waals surface area (Å²) < 4.78 is 0. The van der Waals surface area contributed by atoms with Crippen LogP contribution >= 0.6 is 0 Å². The molecule has 138 valence electrons. The minimum Gasteiger partial charge on any atom is -0.393 e. The summed E-state index contributed by atoms with van der Waals surface area (Å²) in [6, 6.07) is 0. The summed E-state index contributed by atoms with van der Waals surface area (Å²) in [6.45, 7) is 6.86. The standard InChI is InChI=1S/C21H37NO2/c1-13(23)16-8-11-21(22)18-5-4-14-12-15(24)6-9-19(14,2)17(18)7-10-20(16,21)3/h13-18,23-24H,4-12,22H2,1-3H3/t13-,14-,15+,16-,17+,18-,19+,20-,21+/m1/s1. The summed E-state index contributed by atoms with van der Waals surface area (Å²) >= 11 is 0.